The molecular formula is C36H38O9. The average molecular weight is 615 g/mol. The third kappa shape index (κ3) is 5.53. The van der Waals surface area contributed by atoms with E-state index in [1.165, 1.54) is 0 Å². The monoisotopic (exact) mass is 614 g/mol. The number of hydrogen-bond donors (Lipinski definition) is 0. The highest BCUT2D eigenvalue weighted by atomic mass is 16.6. The maximum atomic E-state index is 7.21. The first-order valence-electron chi connectivity index (χ1n) is 14.8. The average Bonchev–Trinajstić information content (AvgIpc) is 3.10. The van der Waals surface area contributed by atoms with E-state index in [1.807, 2.05) is 48.5 Å². The standard InChI is InChI=1S/C36H38O9/c1-37-29-19-27-31(35(41-5)33(29)39-3)25(17-23(43-27)21-13-9-7-10-14-21)45-26-18-24(22-15-11-8-12-16-22)44-28-20-30(38-2)34(40-4)36(42-6)32(26)28/h7-16,19-20,23-26H,17-18H2,1-6H3/t23-,24-,25+,26+/m0/s1. The van der Waals surface area contributed by atoms with Gasteiger partial charge in [0, 0.05) is 25.0 Å². The highest BCUT2D eigenvalue weighted by molar-refractivity contribution is 5.65. The molecule has 0 aliphatic carbocycles. The molecule has 45 heavy (non-hydrogen) atoms. The van der Waals surface area contributed by atoms with E-state index in [0.717, 1.165) is 22.3 Å². The van der Waals surface area contributed by atoms with Gasteiger partial charge in [0.2, 0.25) is 11.5 Å². The SMILES string of the molecule is COc1cc2c(c(OC)c1OC)[C@H](O[C@@H]1C[C@@H](c3ccccc3)Oc3cc(OC)c(OC)c(OC)c31)C[C@@H](c1ccccc1)O2. The Labute approximate surface area is 263 Å². The van der Waals surface area contributed by atoms with E-state index in [-0.39, 0.29) is 12.2 Å². The van der Waals surface area contributed by atoms with E-state index in [2.05, 4.69) is 24.3 Å². The molecule has 0 saturated heterocycles. The van der Waals surface area contributed by atoms with Crippen LogP contribution in [0.3, 0.4) is 0 Å². The Bertz CT molecular complexity index is 1500. The Kier molecular flexibility index (Phi) is 8.80. The van der Waals surface area contributed by atoms with Crippen molar-refractivity contribution in [3.63, 3.8) is 0 Å². The lowest BCUT2D eigenvalue weighted by atomic mass is 9.91. The quantitative estimate of drug-likeness (QED) is 0.179. The second kappa shape index (κ2) is 13.1. The van der Waals surface area contributed by atoms with Crippen molar-refractivity contribution in [1.29, 1.82) is 0 Å². The van der Waals surface area contributed by atoms with Gasteiger partial charge in [-0.3, -0.25) is 0 Å². The third-order valence-corrected chi connectivity index (χ3v) is 8.37. The van der Waals surface area contributed by atoms with Crippen molar-refractivity contribution in [2.75, 3.05) is 42.7 Å². The van der Waals surface area contributed by atoms with E-state index in [9.17, 15) is 0 Å². The number of methoxy groups -OCH3 is 6. The van der Waals surface area contributed by atoms with Gasteiger partial charge in [-0.2, -0.15) is 0 Å². The molecule has 6 rings (SSSR count). The lowest BCUT2D eigenvalue weighted by Gasteiger charge is -2.39. The van der Waals surface area contributed by atoms with Gasteiger partial charge in [0.05, 0.1) is 66.0 Å². The zero-order valence-corrected chi connectivity index (χ0v) is 26.3. The molecule has 0 fully saturated rings. The Morgan fingerprint density at radius 2 is 0.867 bits per heavy atom. The fraction of sp³-hybridized carbons (Fsp3) is 0.333. The molecule has 2 aliphatic heterocycles. The number of rotatable bonds is 10. The predicted octanol–water partition coefficient (Wildman–Crippen LogP) is 7.58. The van der Waals surface area contributed by atoms with Crippen molar-refractivity contribution in [2.45, 2.75) is 37.3 Å². The summed E-state index contributed by atoms with van der Waals surface area (Å²) in [5, 5.41) is 0. The van der Waals surface area contributed by atoms with Crippen LogP contribution < -0.4 is 37.9 Å². The molecule has 0 saturated carbocycles. The zero-order valence-electron chi connectivity index (χ0n) is 26.3. The minimum Gasteiger partial charge on any atom is -0.493 e. The van der Waals surface area contributed by atoms with Crippen LogP contribution in [-0.2, 0) is 4.74 Å². The molecule has 2 heterocycles. The highest BCUT2D eigenvalue weighted by Crippen LogP contribution is 2.58. The highest BCUT2D eigenvalue weighted by Gasteiger charge is 2.42. The molecule has 4 aromatic rings. The molecule has 236 valence electrons. The maximum Gasteiger partial charge on any atom is 0.203 e. The number of hydrogen-bond acceptors (Lipinski definition) is 9. The van der Waals surface area contributed by atoms with Crippen molar-refractivity contribution < 1.29 is 42.6 Å². The summed E-state index contributed by atoms with van der Waals surface area (Å²) in [6, 6.07) is 23.9. The van der Waals surface area contributed by atoms with Gasteiger partial charge in [0.1, 0.15) is 23.7 Å². The Morgan fingerprint density at radius 1 is 0.489 bits per heavy atom. The summed E-state index contributed by atoms with van der Waals surface area (Å²) < 4.78 is 55.2. The summed E-state index contributed by atoms with van der Waals surface area (Å²) in [6.45, 7) is 0. The van der Waals surface area contributed by atoms with E-state index in [1.54, 1.807) is 42.7 Å². The second-order valence-electron chi connectivity index (χ2n) is 10.7. The minimum atomic E-state index is -0.473. The van der Waals surface area contributed by atoms with Gasteiger partial charge in [-0.25, -0.2) is 0 Å². The van der Waals surface area contributed by atoms with Crippen LogP contribution in [0, 0.1) is 0 Å². The summed E-state index contributed by atoms with van der Waals surface area (Å²) in [6.07, 6.45) is -0.494. The summed E-state index contributed by atoms with van der Waals surface area (Å²) in [7, 11) is 9.56. The largest absolute Gasteiger partial charge is 0.493 e. The molecule has 0 bridgehead atoms. The van der Waals surface area contributed by atoms with Crippen molar-refractivity contribution >= 4 is 0 Å². The summed E-state index contributed by atoms with van der Waals surface area (Å²) in [4.78, 5) is 0. The molecule has 4 atom stereocenters. The van der Waals surface area contributed by atoms with Crippen molar-refractivity contribution in [3.05, 3.63) is 95.1 Å². The summed E-state index contributed by atoms with van der Waals surface area (Å²) in [5.74, 6) is 4.12. The van der Waals surface area contributed by atoms with Gasteiger partial charge < -0.3 is 42.6 Å². The van der Waals surface area contributed by atoms with Gasteiger partial charge >= 0.3 is 0 Å². The van der Waals surface area contributed by atoms with Crippen LogP contribution in [0.5, 0.6) is 46.0 Å². The minimum absolute atomic E-state index is 0.289. The predicted molar refractivity (Wildman–Crippen MR) is 168 cm³/mol. The van der Waals surface area contributed by atoms with Gasteiger partial charge in [-0.05, 0) is 11.1 Å². The van der Waals surface area contributed by atoms with Crippen molar-refractivity contribution in [2.24, 2.45) is 0 Å². The lowest BCUT2D eigenvalue weighted by molar-refractivity contribution is -0.0757. The lowest BCUT2D eigenvalue weighted by Crippen LogP contribution is -2.27. The molecule has 9 heteroatoms. The summed E-state index contributed by atoms with van der Waals surface area (Å²) >= 11 is 0. The van der Waals surface area contributed by atoms with Crippen LogP contribution in [0.15, 0.2) is 72.8 Å². The fourth-order valence-corrected chi connectivity index (χ4v) is 6.33. The molecule has 0 spiro atoms. The topological polar surface area (TPSA) is 83.1 Å². The van der Waals surface area contributed by atoms with Crippen LogP contribution >= 0.6 is 0 Å². The Morgan fingerprint density at radius 3 is 1.20 bits per heavy atom. The number of ether oxygens (including phenoxy) is 9. The van der Waals surface area contributed by atoms with Gasteiger partial charge in [-0.1, -0.05) is 60.7 Å². The van der Waals surface area contributed by atoms with Crippen LogP contribution in [0.25, 0.3) is 0 Å². The molecule has 0 radical (unpaired) electrons. The molecule has 2 aliphatic rings. The summed E-state index contributed by atoms with van der Waals surface area (Å²) in [5.41, 5.74) is 3.55. The molecular weight excluding hydrogens is 576 g/mol. The number of fused-ring (bicyclic) bond motifs is 2. The molecule has 0 N–H and O–H groups in total. The first kappa shape index (κ1) is 30.3. The van der Waals surface area contributed by atoms with Crippen LogP contribution in [-0.4, -0.2) is 42.7 Å². The Balaban J connectivity index is 1.51. The van der Waals surface area contributed by atoms with Crippen LogP contribution in [0.1, 0.15) is 59.5 Å². The smallest absolute Gasteiger partial charge is 0.203 e. The fourth-order valence-electron chi connectivity index (χ4n) is 6.33. The molecule has 4 aromatic carbocycles. The maximum absolute atomic E-state index is 7.21. The molecule has 0 unspecified atom stereocenters. The van der Waals surface area contributed by atoms with Crippen LogP contribution in [0.4, 0.5) is 0 Å². The van der Waals surface area contributed by atoms with Gasteiger partial charge in [0.15, 0.2) is 23.0 Å². The molecule has 9 nitrogen and oxygen atoms in total. The van der Waals surface area contributed by atoms with Crippen LogP contribution in [0.2, 0.25) is 0 Å². The van der Waals surface area contributed by atoms with E-state index in [4.69, 9.17) is 42.6 Å². The normalized spacial score (nSPS) is 20.0. The molecule has 0 aromatic heterocycles. The van der Waals surface area contributed by atoms with E-state index >= 15 is 0 Å². The Hall–Kier alpha value is -4.76. The first-order valence-corrected chi connectivity index (χ1v) is 14.8. The van der Waals surface area contributed by atoms with Gasteiger partial charge in [-0.15, -0.1) is 0 Å². The molecule has 0 amide bonds. The van der Waals surface area contributed by atoms with E-state index in [0.29, 0.717) is 58.8 Å². The first-order chi connectivity index (χ1) is 22.0. The van der Waals surface area contributed by atoms with E-state index < -0.39 is 12.2 Å². The van der Waals surface area contributed by atoms with Crippen molar-refractivity contribution in [3.8, 4) is 46.0 Å². The van der Waals surface area contributed by atoms with Crippen molar-refractivity contribution in [1.82, 2.24) is 0 Å². The third-order valence-electron chi connectivity index (χ3n) is 8.37. The zero-order chi connectivity index (χ0) is 31.5. The second-order valence-corrected chi connectivity index (χ2v) is 10.7. The van der Waals surface area contributed by atoms with Gasteiger partial charge in [0.25, 0.3) is 0 Å². The number of benzene rings is 4.